The Balaban J connectivity index is 2.03. The molecule has 86 valence electrons. The molecular weight excluding hydrogens is 204 g/mol. The maximum atomic E-state index is 4.07. The normalized spacial score (nSPS) is 14.9. The fourth-order valence-corrected chi connectivity index (χ4v) is 1.73. The van der Waals surface area contributed by atoms with Gasteiger partial charge in [-0.05, 0) is 19.9 Å². The quantitative estimate of drug-likeness (QED) is 0.804. The lowest BCUT2D eigenvalue weighted by molar-refractivity contribution is 0.459. The van der Waals surface area contributed by atoms with E-state index in [2.05, 4.69) is 39.6 Å². The van der Waals surface area contributed by atoms with Crippen molar-refractivity contribution in [1.29, 1.82) is 0 Å². The molecule has 16 heavy (non-hydrogen) atoms. The minimum atomic E-state index is 0.144. The van der Waals surface area contributed by atoms with E-state index in [0.717, 1.165) is 11.5 Å². The summed E-state index contributed by atoms with van der Waals surface area (Å²) in [6, 6.07) is 2.31. The Morgan fingerprint density at radius 3 is 2.75 bits per heavy atom. The van der Waals surface area contributed by atoms with Gasteiger partial charge in [-0.15, -0.1) is 10.2 Å². The number of H-pyrrole nitrogens is 1. The molecule has 0 aromatic carbocycles. The van der Waals surface area contributed by atoms with Crippen LogP contribution < -0.4 is 5.32 Å². The summed E-state index contributed by atoms with van der Waals surface area (Å²) in [5.41, 5.74) is 1.06. The van der Waals surface area contributed by atoms with Crippen LogP contribution in [0.5, 0.6) is 0 Å². The van der Waals surface area contributed by atoms with Crippen LogP contribution in [0.2, 0.25) is 0 Å². The molecule has 0 saturated heterocycles. The molecule has 0 radical (unpaired) electrons. The Morgan fingerprint density at radius 1 is 1.38 bits per heavy atom. The van der Waals surface area contributed by atoms with Gasteiger partial charge in [-0.3, -0.25) is 10.4 Å². The van der Waals surface area contributed by atoms with Crippen LogP contribution in [0.4, 0.5) is 0 Å². The van der Waals surface area contributed by atoms with Gasteiger partial charge in [-0.1, -0.05) is 0 Å². The van der Waals surface area contributed by atoms with Crippen LogP contribution in [-0.2, 0) is 7.05 Å². The van der Waals surface area contributed by atoms with Crippen molar-refractivity contribution in [2.75, 3.05) is 0 Å². The van der Waals surface area contributed by atoms with Gasteiger partial charge < -0.3 is 4.57 Å². The van der Waals surface area contributed by atoms with E-state index in [-0.39, 0.29) is 12.1 Å². The summed E-state index contributed by atoms with van der Waals surface area (Å²) in [5.74, 6) is 0.923. The highest BCUT2D eigenvalue weighted by Gasteiger charge is 2.15. The largest absolute Gasteiger partial charge is 0.319 e. The number of nitrogens with one attached hydrogen (secondary N) is 2. The fourth-order valence-electron chi connectivity index (χ4n) is 1.73. The summed E-state index contributed by atoms with van der Waals surface area (Å²) in [6.45, 7) is 4.15. The standard InChI is InChI=1S/C10H16N6/c1-7(9-4-5-11-14-9)13-8(2)10-15-12-6-16(10)3/h4-8,13H,1-3H3,(H,11,14). The summed E-state index contributed by atoms with van der Waals surface area (Å²) in [5, 5.41) is 18.3. The van der Waals surface area contributed by atoms with Crippen molar-refractivity contribution in [2.24, 2.45) is 7.05 Å². The van der Waals surface area contributed by atoms with E-state index in [4.69, 9.17) is 0 Å². The molecule has 2 rings (SSSR count). The number of aromatic nitrogens is 5. The molecule has 0 aliphatic rings. The number of aryl methyl sites for hydroxylation is 1. The van der Waals surface area contributed by atoms with Crippen LogP contribution in [0.3, 0.4) is 0 Å². The Kier molecular flexibility index (Phi) is 3.00. The Hall–Kier alpha value is -1.69. The topological polar surface area (TPSA) is 71.4 Å². The van der Waals surface area contributed by atoms with E-state index >= 15 is 0 Å². The highest BCUT2D eigenvalue weighted by atomic mass is 15.3. The molecule has 2 heterocycles. The second-order valence-electron chi connectivity index (χ2n) is 3.92. The van der Waals surface area contributed by atoms with E-state index in [9.17, 15) is 0 Å². The molecule has 2 unspecified atom stereocenters. The summed E-state index contributed by atoms with van der Waals surface area (Å²) in [6.07, 6.45) is 3.45. The zero-order valence-electron chi connectivity index (χ0n) is 9.68. The van der Waals surface area contributed by atoms with Gasteiger partial charge in [-0.2, -0.15) is 5.10 Å². The molecule has 2 atom stereocenters. The minimum absolute atomic E-state index is 0.144. The van der Waals surface area contributed by atoms with Gasteiger partial charge in [0.15, 0.2) is 0 Å². The van der Waals surface area contributed by atoms with Crippen molar-refractivity contribution in [1.82, 2.24) is 30.3 Å². The molecule has 2 aromatic heterocycles. The van der Waals surface area contributed by atoms with Gasteiger partial charge in [0, 0.05) is 19.3 Å². The molecule has 0 bridgehead atoms. The zero-order chi connectivity index (χ0) is 11.5. The van der Waals surface area contributed by atoms with Crippen LogP contribution in [0, 0.1) is 0 Å². The summed E-state index contributed by atoms with van der Waals surface area (Å²) in [7, 11) is 1.94. The van der Waals surface area contributed by atoms with Crippen molar-refractivity contribution in [3.63, 3.8) is 0 Å². The second kappa shape index (κ2) is 4.44. The molecule has 0 spiro atoms. The highest BCUT2D eigenvalue weighted by Crippen LogP contribution is 2.15. The molecule has 6 nitrogen and oxygen atoms in total. The van der Waals surface area contributed by atoms with Crippen LogP contribution in [0.15, 0.2) is 18.6 Å². The van der Waals surface area contributed by atoms with Gasteiger partial charge in [0.1, 0.15) is 12.2 Å². The predicted molar refractivity (Wildman–Crippen MR) is 59.6 cm³/mol. The van der Waals surface area contributed by atoms with Crippen molar-refractivity contribution in [2.45, 2.75) is 25.9 Å². The van der Waals surface area contributed by atoms with E-state index in [1.807, 2.05) is 17.7 Å². The molecular formula is C10H16N6. The third-order valence-electron chi connectivity index (χ3n) is 2.62. The smallest absolute Gasteiger partial charge is 0.149 e. The Labute approximate surface area is 94.1 Å². The first-order valence-corrected chi connectivity index (χ1v) is 5.27. The lowest BCUT2D eigenvalue weighted by Gasteiger charge is -2.18. The summed E-state index contributed by atoms with van der Waals surface area (Å²) >= 11 is 0. The third kappa shape index (κ3) is 2.11. The van der Waals surface area contributed by atoms with E-state index < -0.39 is 0 Å². The van der Waals surface area contributed by atoms with E-state index in [1.54, 1.807) is 12.5 Å². The molecule has 0 amide bonds. The molecule has 6 heteroatoms. The van der Waals surface area contributed by atoms with Crippen molar-refractivity contribution in [3.8, 4) is 0 Å². The molecule has 0 saturated carbocycles. The number of hydrogen-bond donors (Lipinski definition) is 2. The Morgan fingerprint density at radius 2 is 2.19 bits per heavy atom. The van der Waals surface area contributed by atoms with Crippen LogP contribution in [0.25, 0.3) is 0 Å². The third-order valence-corrected chi connectivity index (χ3v) is 2.62. The molecule has 0 aliphatic carbocycles. The van der Waals surface area contributed by atoms with Crippen molar-refractivity contribution >= 4 is 0 Å². The number of nitrogens with zero attached hydrogens (tertiary/aromatic N) is 4. The first-order chi connectivity index (χ1) is 7.68. The molecule has 0 fully saturated rings. The van der Waals surface area contributed by atoms with Gasteiger partial charge in [0.2, 0.25) is 0 Å². The van der Waals surface area contributed by atoms with Gasteiger partial charge >= 0.3 is 0 Å². The van der Waals surface area contributed by atoms with Crippen LogP contribution >= 0.6 is 0 Å². The average Bonchev–Trinajstić information content (AvgIpc) is 2.86. The van der Waals surface area contributed by atoms with Gasteiger partial charge in [0.25, 0.3) is 0 Å². The van der Waals surface area contributed by atoms with Crippen molar-refractivity contribution < 1.29 is 0 Å². The summed E-state index contributed by atoms with van der Waals surface area (Å²) in [4.78, 5) is 0. The molecule has 2 N–H and O–H groups in total. The number of rotatable bonds is 4. The van der Waals surface area contributed by atoms with Crippen LogP contribution in [-0.4, -0.2) is 25.0 Å². The van der Waals surface area contributed by atoms with E-state index in [1.165, 1.54) is 0 Å². The molecule has 2 aromatic rings. The van der Waals surface area contributed by atoms with Crippen molar-refractivity contribution in [3.05, 3.63) is 30.1 Å². The number of hydrogen-bond acceptors (Lipinski definition) is 4. The van der Waals surface area contributed by atoms with Crippen LogP contribution in [0.1, 0.15) is 37.4 Å². The molecule has 0 aliphatic heterocycles. The van der Waals surface area contributed by atoms with Gasteiger partial charge in [-0.25, -0.2) is 0 Å². The average molecular weight is 220 g/mol. The summed E-state index contributed by atoms with van der Waals surface area (Å²) < 4.78 is 1.91. The monoisotopic (exact) mass is 220 g/mol. The lowest BCUT2D eigenvalue weighted by atomic mass is 10.2. The first kappa shape index (κ1) is 10.8. The minimum Gasteiger partial charge on any atom is -0.319 e. The van der Waals surface area contributed by atoms with E-state index in [0.29, 0.717) is 0 Å². The lowest BCUT2D eigenvalue weighted by Crippen LogP contribution is -2.25. The highest BCUT2D eigenvalue weighted by molar-refractivity contribution is 5.04. The zero-order valence-corrected chi connectivity index (χ0v) is 9.68. The predicted octanol–water partition coefficient (Wildman–Crippen LogP) is 0.950. The Bertz CT molecular complexity index is 432. The second-order valence-corrected chi connectivity index (χ2v) is 3.92. The maximum absolute atomic E-state index is 4.07. The SMILES string of the molecule is CC(NC(C)c1nncn1C)c1ccn[nH]1. The number of aromatic amines is 1. The first-order valence-electron chi connectivity index (χ1n) is 5.27. The maximum Gasteiger partial charge on any atom is 0.149 e. The fraction of sp³-hybridized carbons (Fsp3) is 0.500. The van der Waals surface area contributed by atoms with Gasteiger partial charge in [0.05, 0.1) is 11.7 Å².